The number of nitrogens with one attached hydrogen (secondary N) is 3. The quantitative estimate of drug-likeness (QED) is 0.231. The molecule has 0 saturated carbocycles. The first-order valence-electron chi connectivity index (χ1n) is 10.4. The Kier molecular flexibility index (Phi) is 13.3. The second-order valence-electron chi connectivity index (χ2n) is 6.94. The number of ether oxygens (including phenoxy) is 3. The molecular weight excluding hydrogens is 513 g/mol. The van der Waals surface area contributed by atoms with E-state index in [1.807, 2.05) is 19.1 Å². The predicted octanol–water partition coefficient (Wildman–Crippen LogP) is 1.39. The zero-order chi connectivity index (χ0) is 21.8. The van der Waals surface area contributed by atoms with E-state index in [0.717, 1.165) is 25.1 Å². The number of aliphatic imine (C=N–C) groups is 1. The third-order valence-electron chi connectivity index (χ3n) is 4.95. The molecule has 1 heterocycles. The van der Waals surface area contributed by atoms with Crippen LogP contribution in [0.5, 0.6) is 11.5 Å². The molecule has 1 amide bonds. The van der Waals surface area contributed by atoms with Crippen LogP contribution in [0.2, 0.25) is 0 Å². The molecule has 1 aromatic rings. The van der Waals surface area contributed by atoms with Crippen molar-refractivity contribution in [3.63, 3.8) is 0 Å². The summed E-state index contributed by atoms with van der Waals surface area (Å²) in [6, 6.07) is 6.07. The molecule has 2 rings (SSSR count). The highest BCUT2D eigenvalue weighted by Crippen LogP contribution is 2.32. The molecule has 1 aromatic carbocycles. The molecule has 0 bridgehead atoms. The molecule has 10 heteroatoms. The standard InChI is InChI=1S/C21H35N5O4.HI/c1-5-8-23-20(27)15-25-21(22-2)24-14-17(26-9-11-30-12-10-26)16-6-7-18(28-3)19(13-16)29-4;/h6-7,13,17H,5,8-12,14-15H2,1-4H3,(H,23,27)(H2,22,24,25);1H. The van der Waals surface area contributed by atoms with Gasteiger partial charge in [0.05, 0.1) is 40.0 Å². The SMILES string of the molecule is CCCNC(=O)CNC(=NC)NCC(c1ccc(OC)c(OC)c1)N1CCOCC1.I. The molecule has 0 aromatic heterocycles. The minimum Gasteiger partial charge on any atom is -0.493 e. The van der Waals surface area contributed by atoms with E-state index in [2.05, 4.69) is 31.9 Å². The van der Waals surface area contributed by atoms with Crippen LogP contribution in [-0.2, 0) is 9.53 Å². The summed E-state index contributed by atoms with van der Waals surface area (Å²) < 4.78 is 16.4. The average molecular weight is 549 g/mol. The number of hydrogen-bond donors (Lipinski definition) is 3. The Labute approximate surface area is 202 Å². The van der Waals surface area contributed by atoms with Crippen LogP contribution in [0.15, 0.2) is 23.2 Å². The fraction of sp³-hybridized carbons (Fsp3) is 0.619. The summed E-state index contributed by atoms with van der Waals surface area (Å²) in [7, 11) is 4.96. The predicted molar refractivity (Wildman–Crippen MR) is 133 cm³/mol. The number of carbonyl (C=O) groups is 1. The van der Waals surface area contributed by atoms with Gasteiger partial charge >= 0.3 is 0 Å². The first-order valence-corrected chi connectivity index (χ1v) is 10.4. The zero-order valence-electron chi connectivity index (χ0n) is 18.9. The summed E-state index contributed by atoms with van der Waals surface area (Å²) in [6.07, 6.45) is 0.908. The highest BCUT2D eigenvalue weighted by molar-refractivity contribution is 14.0. The van der Waals surface area contributed by atoms with Crippen LogP contribution in [0.3, 0.4) is 0 Å². The number of benzene rings is 1. The summed E-state index contributed by atoms with van der Waals surface area (Å²) in [6.45, 7) is 6.57. The van der Waals surface area contributed by atoms with Gasteiger partial charge in [0, 0.05) is 33.2 Å². The first kappa shape index (κ1) is 27.2. The number of hydrogen-bond acceptors (Lipinski definition) is 6. The van der Waals surface area contributed by atoms with Gasteiger partial charge in [0.2, 0.25) is 5.91 Å². The maximum absolute atomic E-state index is 11.9. The van der Waals surface area contributed by atoms with E-state index in [1.54, 1.807) is 21.3 Å². The van der Waals surface area contributed by atoms with Gasteiger partial charge in [-0.3, -0.25) is 14.7 Å². The van der Waals surface area contributed by atoms with Gasteiger partial charge in [0.25, 0.3) is 0 Å². The smallest absolute Gasteiger partial charge is 0.239 e. The lowest BCUT2D eigenvalue weighted by Crippen LogP contribution is -2.48. The highest BCUT2D eigenvalue weighted by Gasteiger charge is 2.24. The van der Waals surface area contributed by atoms with Crippen molar-refractivity contribution in [1.29, 1.82) is 0 Å². The fourth-order valence-electron chi connectivity index (χ4n) is 3.31. The summed E-state index contributed by atoms with van der Waals surface area (Å²) in [5.74, 6) is 1.93. The van der Waals surface area contributed by atoms with Crippen molar-refractivity contribution in [3.8, 4) is 11.5 Å². The molecule has 0 aliphatic carbocycles. The molecule has 1 atom stereocenters. The molecule has 0 spiro atoms. The van der Waals surface area contributed by atoms with Gasteiger partial charge in [-0.2, -0.15) is 0 Å². The Hall–Kier alpha value is -1.79. The number of rotatable bonds is 10. The largest absolute Gasteiger partial charge is 0.493 e. The molecule has 3 N–H and O–H groups in total. The van der Waals surface area contributed by atoms with Crippen molar-refractivity contribution in [1.82, 2.24) is 20.9 Å². The molecule has 1 aliphatic heterocycles. The van der Waals surface area contributed by atoms with Crippen molar-refractivity contribution in [2.24, 2.45) is 4.99 Å². The minimum atomic E-state index is -0.0515. The van der Waals surface area contributed by atoms with Crippen molar-refractivity contribution in [2.45, 2.75) is 19.4 Å². The van der Waals surface area contributed by atoms with Gasteiger partial charge in [0.1, 0.15) is 0 Å². The molecule has 31 heavy (non-hydrogen) atoms. The first-order chi connectivity index (χ1) is 14.6. The highest BCUT2D eigenvalue weighted by atomic mass is 127. The monoisotopic (exact) mass is 549 g/mol. The number of morpholine rings is 1. The summed E-state index contributed by atoms with van der Waals surface area (Å²) >= 11 is 0. The number of carbonyl (C=O) groups excluding carboxylic acids is 1. The number of amides is 1. The second kappa shape index (κ2) is 15.1. The maximum atomic E-state index is 11.9. The van der Waals surface area contributed by atoms with E-state index in [9.17, 15) is 4.79 Å². The number of halogens is 1. The van der Waals surface area contributed by atoms with Crippen LogP contribution in [-0.4, -0.2) is 84.0 Å². The van der Waals surface area contributed by atoms with Crippen LogP contribution in [0.25, 0.3) is 0 Å². The van der Waals surface area contributed by atoms with E-state index in [-0.39, 0.29) is 42.5 Å². The molecule has 176 valence electrons. The van der Waals surface area contributed by atoms with Gasteiger partial charge in [-0.1, -0.05) is 13.0 Å². The third-order valence-corrected chi connectivity index (χ3v) is 4.95. The van der Waals surface area contributed by atoms with Crippen LogP contribution < -0.4 is 25.4 Å². The summed E-state index contributed by atoms with van der Waals surface area (Å²) in [4.78, 5) is 18.5. The Balaban J connectivity index is 0.00000480. The van der Waals surface area contributed by atoms with Crippen molar-refractivity contribution < 1.29 is 19.0 Å². The zero-order valence-corrected chi connectivity index (χ0v) is 21.2. The minimum absolute atomic E-state index is 0. The van der Waals surface area contributed by atoms with Gasteiger partial charge < -0.3 is 30.2 Å². The van der Waals surface area contributed by atoms with Crippen LogP contribution in [0, 0.1) is 0 Å². The topological polar surface area (TPSA) is 96.5 Å². The summed E-state index contributed by atoms with van der Waals surface area (Å²) in [5.41, 5.74) is 1.11. The second-order valence-corrected chi connectivity index (χ2v) is 6.94. The van der Waals surface area contributed by atoms with Gasteiger partial charge in [-0.15, -0.1) is 24.0 Å². The molecule has 0 radical (unpaired) electrons. The summed E-state index contributed by atoms with van der Waals surface area (Å²) in [5, 5.41) is 9.26. The lowest BCUT2D eigenvalue weighted by Gasteiger charge is -2.35. The Morgan fingerprint density at radius 3 is 2.48 bits per heavy atom. The van der Waals surface area contributed by atoms with Gasteiger partial charge in [-0.25, -0.2) is 0 Å². The van der Waals surface area contributed by atoms with E-state index in [4.69, 9.17) is 14.2 Å². The van der Waals surface area contributed by atoms with Crippen LogP contribution in [0.4, 0.5) is 0 Å². The van der Waals surface area contributed by atoms with Gasteiger partial charge in [-0.05, 0) is 24.1 Å². The van der Waals surface area contributed by atoms with Crippen molar-refractivity contribution in [2.75, 3.05) is 67.2 Å². The molecule has 9 nitrogen and oxygen atoms in total. The molecule has 1 unspecified atom stereocenters. The van der Waals surface area contributed by atoms with Crippen molar-refractivity contribution in [3.05, 3.63) is 23.8 Å². The lowest BCUT2D eigenvalue weighted by molar-refractivity contribution is -0.120. The maximum Gasteiger partial charge on any atom is 0.239 e. The van der Waals surface area contributed by atoms with Gasteiger partial charge in [0.15, 0.2) is 17.5 Å². The average Bonchev–Trinajstić information content (AvgIpc) is 2.80. The van der Waals surface area contributed by atoms with Crippen LogP contribution in [0.1, 0.15) is 24.9 Å². The third kappa shape index (κ3) is 8.69. The fourth-order valence-corrected chi connectivity index (χ4v) is 3.31. The van der Waals surface area contributed by atoms with E-state index >= 15 is 0 Å². The molecule has 1 saturated heterocycles. The normalized spacial score (nSPS) is 15.4. The molecular formula is C21H36IN5O4. The van der Waals surface area contributed by atoms with Crippen molar-refractivity contribution >= 4 is 35.8 Å². The lowest BCUT2D eigenvalue weighted by atomic mass is 10.0. The number of guanidine groups is 1. The Bertz CT molecular complexity index is 698. The molecule has 1 fully saturated rings. The van der Waals surface area contributed by atoms with E-state index < -0.39 is 0 Å². The number of methoxy groups -OCH3 is 2. The number of nitrogens with zero attached hydrogens (tertiary/aromatic N) is 2. The van der Waals surface area contributed by atoms with E-state index in [1.165, 1.54) is 0 Å². The van der Waals surface area contributed by atoms with Crippen LogP contribution >= 0.6 is 24.0 Å². The Morgan fingerprint density at radius 2 is 1.87 bits per heavy atom. The molecule has 1 aliphatic rings. The van der Waals surface area contributed by atoms with E-state index in [0.29, 0.717) is 43.8 Å². The Morgan fingerprint density at radius 1 is 1.16 bits per heavy atom.